The third-order valence-electron chi connectivity index (χ3n) is 3.75. The molecule has 0 saturated heterocycles. The van der Waals surface area contributed by atoms with E-state index >= 15 is 0 Å². The van der Waals surface area contributed by atoms with Crippen molar-refractivity contribution in [3.63, 3.8) is 0 Å². The van der Waals surface area contributed by atoms with E-state index in [1.165, 1.54) is 24.3 Å². The van der Waals surface area contributed by atoms with Gasteiger partial charge in [0.1, 0.15) is 5.75 Å². The smallest absolute Gasteiger partial charge is 0.406 e. The molecule has 1 aromatic rings. The second-order valence-electron chi connectivity index (χ2n) is 5.18. The molecule has 0 heterocycles. The highest BCUT2D eigenvalue weighted by molar-refractivity contribution is 5.29. The van der Waals surface area contributed by atoms with Crippen LogP contribution in [0.3, 0.4) is 0 Å². The third-order valence-corrected chi connectivity index (χ3v) is 3.75. The van der Waals surface area contributed by atoms with Crippen molar-refractivity contribution in [1.29, 1.82) is 0 Å². The highest BCUT2D eigenvalue weighted by atomic mass is 19.4. The van der Waals surface area contributed by atoms with E-state index in [-0.39, 0.29) is 11.7 Å². The van der Waals surface area contributed by atoms with Crippen LogP contribution in [-0.4, -0.2) is 17.6 Å². The number of hydrogen-bond acceptors (Lipinski definition) is 3. The highest BCUT2D eigenvalue weighted by Crippen LogP contribution is 2.33. The summed E-state index contributed by atoms with van der Waals surface area (Å²) in [5.41, 5.74) is 6.59. The minimum absolute atomic E-state index is 0.177. The Morgan fingerprint density at radius 3 is 2.20 bits per heavy atom. The van der Waals surface area contributed by atoms with Crippen LogP contribution in [0.5, 0.6) is 5.75 Å². The largest absolute Gasteiger partial charge is 0.573 e. The molecule has 3 nitrogen and oxygen atoms in total. The van der Waals surface area contributed by atoms with Gasteiger partial charge in [0.15, 0.2) is 0 Å². The fraction of sp³-hybridized carbons (Fsp3) is 0.571. The van der Waals surface area contributed by atoms with Crippen molar-refractivity contribution >= 4 is 0 Å². The number of benzene rings is 1. The first-order valence-corrected chi connectivity index (χ1v) is 6.66. The van der Waals surface area contributed by atoms with Gasteiger partial charge in [-0.25, -0.2) is 0 Å². The molecule has 1 aliphatic carbocycles. The van der Waals surface area contributed by atoms with E-state index in [2.05, 4.69) is 4.74 Å². The van der Waals surface area contributed by atoms with Gasteiger partial charge in [0, 0.05) is 0 Å². The minimum atomic E-state index is -4.70. The van der Waals surface area contributed by atoms with Crippen LogP contribution in [0.1, 0.15) is 37.3 Å². The average Bonchev–Trinajstić information content (AvgIpc) is 2.90. The number of aliphatic hydroxyl groups is 1. The van der Waals surface area contributed by atoms with Gasteiger partial charge in [-0.2, -0.15) is 0 Å². The van der Waals surface area contributed by atoms with Gasteiger partial charge in [0.05, 0.1) is 12.1 Å². The summed E-state index contributed by atoms with van der Waals surface area (Å²) in [6.07, 6.45) is -1.28. The molecule has 20 heavy (non-hydrogen) atoms. The van der Waals surface area contributed by atoms with Gasteiger partial charge < -0.3 is 15.6 Å². The molecule has 0 aliphatic heterocycles. The molecular formula is C14H18F3NO2. The summed E-state index contributed by atoms with van der Waals surface area (Å²) in [4.78, 5) is 0. The van der Waals surface area contributed by atoms with Gasteiger partial charge in [0.25, 0.3) is 0 Å². The van der Waals surface area contributed by atoms with Crippen LogP contribution in [0, 0.1) is 5.92 Å². The van der Waals surface area contributed by atoms with Crippen LogP contribution in [0.25, 0.3) is 0 Å². The van der Waals surface area contributed by atoms with Crippen LogP contribution < -0.4 is 10.5 Å². The van der Waals surface area contributed by atoms with Crippen molar-refractivity contribution in [3.8, 4) is 5.75 Å². The number of nitrogens with two attached hydrogens (primary N) is 1. The minimum Gasteiger partial charge on any atom is -0.406 e. The summed E-state index contributed by atoms with van der Waals surface area (Å²) in [5, 5.41) is 10.2. The summed E-state index contributed by atoms with van der Waals surface area (Å²) in [7, 11) is 0. The van der Waals surface area contributed by atoms with E-state index < -0.39 is 18.5 Å². The van der Waals surface area contributed by atoms with Gasteiger partial charge >= 0.3 is 6.36 Å². The number of rotatable bonds is 4. The molecule has 0 spiro atoms. The monoisotopic (exact) mass is 289 g/mol. The molecule has 0 amide bonds. The zero-order valence-corrected chi connectivity index (χ0v) is 10.9. The molecule has 1 saturated carbocycles. The predicted octanol–water partition coefficient (Wildman–Crippen LogP) is 3.14. The van der Waals surface area contributed by atoms with Crippen molar-refractivity contribution in [3.05, 3.63) is 29.8 Å². The van der Waals surface area contributed by atoms with E-state index in [9.17, 15) is 18.3 Å². The first kappa shape index (κ1) is 15.1. The van der Waals surface area contributed by atoms with E-state index in [0.717, 1.165) is 25.7 Å². The molecule has 0 radical (unpaired) electrons. The predicted molar refractivity (Wildman–Crippen MR) is 68.0 cm³/mol. The topological polar surface area (TPSA) is 55.5 Å². The van der Waals surface area contributed by atoms with Crippen molar-refractivity contribution in [1.82, 2.24) is 0 Å². The zero-order valence-electron chi connectivity index (χ0n) is 10.9. The summed E-state index contributed by atoms with van der Waals surface area (Å²) in [5.74, 6) is -0.111. The molecule has 1 aromatic carbocycles. The highest BCUT2D eigenvalue weighted by Gasteiger charge is 2.31. The van der Waals surface area contributed by atoms with Crippen LogP contribution in [-0.2, 0) is 0 Å². The lowest BCUT2D eigenvalue weighted by molar-refractivity contribution is -0.274. The number of alkyl halides is 3. The molecule has 1 aliphatic rings. The van der Waals surface area contributed by atoms with E-state index in [1.807, 2.05) is 0 Å². The normalized spacial score (nSPS) is 19.9. The Kier molecular flexibility index (Phi) is 4.55. The van der Waals surface area contributed by atoms with E-state index in [4.69, 9.17) is 5.73 Å². The summed E-state index contributed by atoms with van der Waals surface area (Å²) in [6.45, 7) is 0. The molecule has 2 atom stereocenters. The lowest BCUT2D eigenvalue weighted by Crippen LogP contribution is -2.31. The Bertz CT molecular complexity index is 427. The van der Waals surface area contributed by atoms with Gasteiger partial charge in [-0.15, -0.1) is 13.2 Å². The van der Waals surface area contributed by atoms with Crippen molar-refractivity contribution in [2.75, 3.05) is 0 Å². The third kappa shape index (κ3) is 3.86. The van der Waals surface area contributed by atoms with Crippen LogP contribution in [0.15, 0.2) is 24.3 Å². The summed E-state index contributed by atoms with van der Waals surface area (Å²) in [6, 6.07) is 4.76. The second kappa shape index (κ2) is 6.01. The number of hydrogen-bond donors (Lipinski definition) is 2. The summed E-state index contributed by atoms with van der Waals surface area (Å²) < 4.78 is 39.9. The quantitative estimate of drug-likeness (QED) is 0.895. The molecule has 1 fully saturated rings. The maximum atomic E-state index is 12.0. The first-order chi connectivity index (χ1) is 9.37. The SMILES string of the molecule is N[C@@H](c1ccc(OC(F)(F)F)cc1)[C@H](O)C1CCCC1. The fourth-order valence-corrected chi connectivity index (χ4v) is 2.68. The summed E-state index contributed by atoms with van der Waals surface area (Å²) >= 11 is 0. The Labute approximate surface area is 115 Å². The van der Waals surface area contributed by atoms with Gasteiger partial charge in [-0.1, -0.05) is 25.0 Å². The lowest BCUT2D eigenvalue weighted by atomic mass is 9.91. The molecular weight excluding hydrogens is 271 g/mol. The van der Waals surface area contributed by atoms with Gasteiger partial charge in [-0.05, 0) is 36.5 Å². The van der Waals surface area contributed by atoms with Gasteiger partial charge in [0.2, 0.25) is 0 Å². The molecule has 3 N–H and O–H groups in total. The number of aliphatic hydroxyl groups excluding tert-OH is 1. The second-order valence-corrected chi connectivity index (χ2v) is 5.18. The Balaban J connectivity index is 2.01. The number of ether oxygens (including phenoxy) is 1. The number of halogens is 3. The lowest BCUT2D eigenvalue weighted by Gasteiger charge is -2.24. The van der Waals surface area contributed by atoms with Crippen molar-refractivity contribution in [2.24, 2.45) is 11.7 Å². The Hall–Kier alpha value is -1.27. The molecule has 0 aromatic heterocycles. The van der Waals surface area contributed by atoms with E-state index in [0.29, 0.717) is 5.56 Å². The van der Waals surface area contributed by atoms with E-state index in [1.54, 1.807) is 0 Å². The molecule has 0 unspecified atom stereocenters. The Morgan fingerprint density at radius 1 is 1.15 bits per heavy atom. The fourth-order valence-electron chi connectivity index (χ4n) is 2.68. The average molecular weight is 289 g/mol. The van der Waals surface area contributed by atoms with Crippen LogP contribution in [0.4, 0.5) is 13.2 Å². The molecule has 112 valence electrons. The van der Waals surface area contributed by atoms with Gasteiger partial charge in [-0.3, -0.25) is 0 Å². The first-order valence-electron chi connectivity index (χ1n) is 6.66. The van der Waals surface area contributed by atoms with Crippen LogP contribution >= 0.6 is 0 Å². The van der Waals surface area contributed by atoms with Crippen molar-refractivity contribution < 1.29 is 23.0 Å². The zero-order chi connectivity index (χ0) is 14.8. The van der Waals surface area contributed by atoms with Crippen LogP contribution in [0.2, 0.25) is 0 Å². The molecule has 2 rings (SSSR count). The van der Waals surface area contributed by atoms with Crippen molar-refractivity contribution in [2.45, 2.75) is 44.2 Å². The molecule has 6 heteroatoms. The standard InChI is InChI=1S/C14H18F3NO2/c15-14(16,17)20-11-7-5-9(6-8-11)12(18)13(19)10-3-1-2-4-10/h5-8,10,12-13,19H,1-4,18H2/t12-,13+/m0/s1. The Morgan fingerprint density at radius 2 is 1.70 bits per heavy atom. The maximum Gasteiger partial charge on any atom is 0.573 e. The molecule has 0 bridgehead atoms. The maximum absolute atomic E-state index is 12.0.